The number of rotatable bonds is 4. The van der Waals surface area contributed by atoms with E-state index in [9.17, 15) is 4.39 Å². The van der Waals surface area contributed by atoms with Crippen LogP contribution in [-0.4, -0.2) is 18.1 Å². The minimum Gasteiger partial charge on any atom is -0.312 e. The largest absolute Gasteiger partial charge is 0.312 e. The zero-order valence-electron chi connectivity index (χ0n) is 9.01. The fourth-order valence-corrected chi connectivity index (χ4v) is 3.30. The third-order valence-electron chi connectivity index (χ3n) is 2.78. The SMILES string of the molecule is Fc1ccc(Cl)c(CNCC2CCSC2)c1. The molecule has 1 unspecified atom stereocenters. The van der Waals surface area contributed by atoms with Crippen LogP contribution in [0.15, 0.2) is 18.2 Å². The van der Waals surface area contributed by atoms with Gasteiger partial charge in [-0.1, -0.05) is 11.6 Å². The van der Waals surface area contributed by atoms with Crippen molar-refractivity contribution < 1.29 is 4.39 Å². The van der Waals surface area contributed by atoms with E-state index in [4.69, 9.17) is 11.6 Å². The van der Waals surface area contributed by atoms with Gasteiger partial charge in [0, 0.05) is 11.6 Å². The molecule has 88 valence electrons. The highest BCUT2D eigenvalue weighted by atomic mass is 35.5. The highest BCUT2D eigenvalue weighted by Crippen LogP contribution is 2.23. The normalized spacial score (nSPS) is 20.2. The summed E-state index contributed by atoms with van der Waals surface area (Å²) >= 11 is 7.99. The van der Waals surface area contributed by atoms with Gasteiger partial charge in [-0.05, 0) is 54.2 Å². The van der Waals surface area contributed by atoms with E-state index in [1.165, 1.54) is 30.1 Å². The zero-order chi connectivity index (χ0) is 11.4. The van der Waals surface area contributed by atoms with E-state index < -0.39 is 0 Å². The molecule has 1 aliphatic heterocycles. The molecule has 1 saturated heterocycles. The summed E-state index contributed by atoms with van der Waals surface area (Å²) in [6.45, 7) is 1.65. The summed E-state index contributed by atoms with van der Waals surface area (Å²) in [6.07, 6.45) is 1.29. The van der Waals surface area contributed by atoms with E-state index in [1.54, 1.807) is 6.07 Å². The summed E-state index contributed by atoms with van der Waals surface area (Å²) in [5, 5.41) is 3.98. The second-order valence-electron chi connectivity index (χ2n) is 4.10. The Morgan fingerprint density at radius 3 is 3.12 bits per heavy atom. The average molecular weight is 260 g/mol. The Hall–Kier alpha value is -0.250. The average Bonchev–Trinajstić information content (AvgIpc) is 2.76. The molecule has 1 aromatic rings. The summed E-state index contributed by atoms with van der Waals surface area (Å²) in [7, 11) is 0. The number of benzene rings is 1. The Bertz CT molecular complexity index is 353. The van der Waals surface area contributed by atoms with Gasteiger partial charge in [0.15, 0.2) is 0 Å². The van der Waals surface area contributed by atoms with Gasteiger partial charge < -0.3 is 5.32 Å². The molecular formula is C12H15ClFNS. The van der Waals surface area contributed by atoms with Crippen molar-refractivity contribution in [3.05, 3.63) is 34.6 Å². The number of hydrogen-bond acceptors (Lipinski definition) is 2. The van der Waals surface area contributed by atoms with Crippen molar-refractivity contribution >= 4 is 23.4 Å². The predicted molar refractivity (Wildman–Crippen MR) is 68.5 cm³/mol. The lowest BCUT2D eigenvalue weighted by Gasteiger charge is -2.10. The van der Waals surface area contributed by atoms with Crippen molar-refractivity contribution in [2.45, 2.75) is 13.0 Å². The van der Waals surface area contributed by atoms with E-state index >= 15 is 0 Å². The Labute approximate surface area is 105 Å². The molecule has 1 aliphatic rings. The second kappa shape index (κ2) is 5.89. The molecular weight excluding hydrogens is 245 g/mol. The van der Waals surface area contributed by atoms with Gasteiger partial charge in [-0.2, -0.15) is 11.8 Å². The van der Waals surface area contributed by atoms with Gasteiger partial charge in [0.1, 0.15) is 5.82 Å². The molecule has 1 N–H and O–H groups in total. The molecule has 1 nitrogen and oxygen atoms in total. The monoisotopic (exact) mass is 259 g/mol. The Morgan fingerprint density at radius 2 is 2.38 bits per heavy atom. The van der Waals surface area contributed by atoms with Gasteiger partial charge in [0.25, 0.3) is 0 Å². The van der Waals surface area contributed by atoms with Crippen molar-refractivity contribution in [2.75, 3.05) is 18.1 Å². The van der Waals surface area contributed by atoms with E-state index in [0.717, 1.165) is 18.0 Å². The molecule has 16 heavy (non-hydrogen) atoms. The van der Waals surface area contributed by atoms with Gasteiger partial charge in [-0.25, -0.2) is 4.39 Å². The predicted octanol–water partition coefficient (Wildman–Crippen LogP) is 3.32. The summed E-state index contributed by atoms with van der Waals surface area (Å²) in [5.74, 6) is 3.05. The maximum Gasteiger partial charge on any atom is 0.123 e. The maximum atomic E-state index is 13.0. The molecule has 1 aromatic carbocycles. The van der Waals surface area contributed by atoms with Crippen LogP contribution >= 0.6 is 23.4 Å². The third-order valence-corrected chi connectivity index (χ3v) is 4.38. The van der Waals surface area contributed by atoms with Crippen LogP contribution in [0, 0.1) is 11.7 Å². The van der Waals surface area contributed by atoms with Crippen molar-refractivity contribution in [3.63, 3.8) is 0 Å². The molecule has 0 aromatic heterocycles. The van der Waals surface area contributed by atoms with Crippen LogP contribution in [0.3, 0.4) is 0 Å². The number of thioether (sulfide) groups is 1. The Morgan fingerprint density at radius 1 is 1.50 bits per heavy atom. The van der Waals surface area contributed by atoms with E-state index in [1.807, 2.05) is 11.8 Å². The number of nitrogens with one attached hydrogen (secondary N) is 1. The molecule has 4 heteroatoms. The molecule has 1 atom stereocenters. The lowest BCUT2D eigenvalue weighted by molar-refractivity contribution is 0.522. The standard InChI is InChI=1S/C12H15ClFNS/c13-12-2-1-11(14)5-10(12)7-15-6-9-3-4-16-8-9/h1-2,5,9,15H,3-4,6-8H2. The van der Waals surface area contributed by atoms with Crippen LogP contribution in [0.1, 0.15) is 12.0 Å². The molecule has 0 aliphatic carbocycles. The summed E-state index contributed by atoms with van der Waals surface area (Å²) < 4.78 is 13.0. The van der Waals surface area contributed by atoms with Crippen LogP contribution in [-0.2, 0) is 6.54 Å². The lowest BCUT2D eigenvalue weighted by Crippen LogP contribution is -2.22. The molecule has 2 rings (SSSR count). The van der Waals surface area contributed by atoms with Crippen molar-refractivity contribution in [2.24, 2.45) is 5.92 Å². The van der Waals surface area contributed by atoms with Gasteiger partial charge in [-0.3, -0.25) is 0 Å². The van der Waals surface area contributed by atoms with Crippen molar-refractivity contribution in [3.8, 4) is 0 Å². The fourth-order valence-electron chi connectivity index (χ4n) is 1.83. The van der Waals surface area contributed by atoms with Crippen LogP contribution in [0.4, 0.5) is 4.39 Å². The fraction of sp³-hybridized carbons (Fsp3) is 0.500. The summed E-state index contributed by atoms with van der Waals surface area (Å²) in [5.41, 5.74) is 0.840. The molecule has 0 saturated carbocycles. The zero-order valence-corrected chi connectivity index (χ0v) is 10.6. The van der Waals surface area contributed by atoms with Gasteiger partial charge in [0.2, 0.25) is 0 Å². The summed E-state index contributed by atoms with van der Waals surface area (Å²) in [6, 6.07) is 4.50. The number of hydrogen-bond donors (Lipinski definition) is 1. The minimum atomic E-state index is -0.224. The third kappa shape index (κ3) is 3.37. The highest BCUT2D eigenvalue weighted by molar-refractivity contribution is 7.99. The Balaban J connectivity index is 1.82. The van der Waals surface area contributed by atoms with Gasteiger partial charge in [-0.15, -0.1) is 0 Å². The van der Waals surface area contributed by atoms with E-state index in [2.05, 4.69) is 5.32 Å². The van der Waals surface area contributed by atoms with E-state index in [0.29, 0.717) is 11.6 Å². The maximum absolute atomic E-state index is 13.0. The summed E-state index contributed by atoms with van der Waals surface area (Å²) in [4.78, 5) is 0. The molecule has 1 fully saturated rings. The van der Waals surface area contributed by atoms with Crippen LogP contribution in [0.25, 0.3) is 0 Å². The van der Waals surface area contributed by atoms with Crippen LogP contribution in [0.5, 0.6) is 0 Å². The topological polar surface area (TPSA) is 12.0 Å². The molecule has 0 amide bonds. The van der Waals surface area contributed by atoms with Crippen LogP contribution < -0.4 is 5.32 Å². The Kier molecular flexibility index (Phi) is 4.50. The molecule has 1 heterocycles. The number of halogens is 2. The quantitative estimate of drug-likeness (QED) is 0.890. The second-order valence-corrected chi connectivity index (χ2v) is 5.65. The molecule has 0 spiro atoms. The highest BCUT2D eigenvalue weighted by Gasteiger charge is 2.14. The molecule has 0 radical (unpaired) electrons. The first-order valence-electron chi connectivity index (χ1n) is 5.48. The first kappa shape index (κ1) is 12.2. The van der Waals surface area contributed by atoms with Crippen molar-refractivity contribution in [1.29, 1.82) is 0 Å². The van der Waals surface area contributed by atoms with Crippen molar-refractivity contribution in [1.82, 2.24) is 5.32 Å². The smallest absolute Gasteiger partial charge is 0.123 e. The minimum absolute atomic E-state index is 0.224. The van der Waals surface area contributed by atoms with E-state index in [-0.39, 0.29) is 5.82 Å². The first-order chi connectivity index (χ1) is 7.75. The molecule has 0 bridgehead atoms. The van der Waals surface area contributed by atoms with Gasteiger partial charge in [0.05, 0.1) is 0 Å². The lowest BCUT2D eigenvalue weighted by atomic mass is 10.1. The first-order valence-corrected chi connectivity index (χ1v) is 7.01. The van der Waals surface area contributed by atoms with Gasteiger partial charge >= 0.3 is 0 Å². The van der Waals surface area contributed by atoms with Crippen LogP contribution in [0.2, 0.25) is 5.02 Å².